The highest BCUT2D eigenvalue weighted by molar-refractivity contribution is 5.18. The maximum atomic E-state index is 11.5. The van der Waals surface area contributed by atoms with Gasteiger partial charge in [0.1, 0.15) is 12.4 Å². The number of hydrogen-bond acceptors (Lipinski definition) is 2. The lowest BCUT2D eigenvalue weighted by Crippen LogP contribution is -2.15. The molecule has 2 nitrogen and oxygen atoms in total. The SMILES string of the molecule is CC/C=C(C)/C=C(/O)COC(F)(F)F. The Hall–Kier alpha value is -0.970. The van der Waals surface area contributed by atoms with E-state index in [9.17, 15) is 13.2 Å². The quantitative estimate of drug-likeness (QED) is 0.569. The van der Waals surface area contributed by atoms with Gasteiger partial charge in [-0.25, -0.2) is 0 Å². The summed E-state index contributed by atoms with van der Waals surface area (Å²) >= 11 is 0. The molecule has 0 aromatic rings. The van der Waals surface area contributed by atoms with Crippen LogP contribution < -0.4 is 0 Å². The number of ether oxygens (including phenoxy) is 1. The van der Waals surface area contributed by atoms with Crippen molar-refractivity contribution in [3.8, 4) is 0 Å². The number of hydrogen-bond donors (Lipinski definition) is 1. The van der Waals surface area contributed by atoms with Gasteiger partial charge in [0.25, 0.3) is 0 Å². The van der Waals surface area contributed by atoms with Crippen LogP contribution in [0, 0.1) is 0 Å². The summed E-state index contributed by atoms with van der Waals surface area (Å²) in [4.78, 5) is 0. The molecule has 82 valence electrons. The highest BCUT2D eigenvalue weighted by Gasteiger charge is 2.29. The molecular formula is C9H13F3O2. The summed E-state index contributed by atoms with van der Waals surface area (Å²) in [5.41, 5.74) is 0.704. The fraction of sp³-hybridized carbons (Fsp3) is 0.556. The predicted molar refractivity (Wildman–Crippen MR) is 46.8 cm³/mol. The van der Waals surface area contributed by atoms with Crippen LogP contribution in [-0.4, -0.2) is 18.1 Å². The molecule has 0 aromatic carbocycles. The van der Waals surface area contributed by atoms with E-state index in [0.29, 0.717) is 5.57 Å². The summed E-state index contributed by atoms with van der Waals surface area (Å²) in [6.45, 7) is 2.73. The Balaban J connectivity index is 4.08. The van der Waals surface area contributed by atoms with Gasteiger partial charge < -0.3 is 5.11 Å². The van der Waals surface area contributed by atoms with E-state index in [1.807, 2.05) is 6.92 Å². The van der Waals surface area contributed by atoms with Crippen molar-refractivity contribution in [1.82, 2.24) is 0 Å². The third-order valence-electron chi connectivity index (χ3n) is 1.30. The minimum atomic E-state index is -4.70. The maximum Gasteiger partial charge on any atom is 0.522 e. The van der Waals surface area contributed by atoms with Gasteiger partial charge in [-0.05, 0) is 19.4 Å². The molecule has 0 fully saturated rings. The van der Waals surface area contributed by atoms with E-state index in [0.717, 1.165) is 6.42 Å². The van der Waals surface area contributed by atoms with Crippen molar-refractivity contribution in [3.05, 3.63) is 23.5 Å². The highest BCUT2D eigenvalue weighted by atomic mass is 19.4. The van der Waals surface area contributed by atoms with E-state index in [-0.39, 0.29) is 0 Å². The minimum Gasteiger partial charge on any atom is -0.510 e. The summed E-state index contributed by atoms with van der Waals surface area (Å²) in [5.74, 6) is -0.440. The number of aliphatic hydroxyl groups is 1. The molecule has 0 saturated carbocycles. The lowest BCUT2D eigenvalue weighted by atomic mass is 10.2. The summed E-state index contributed by atoms with van der Waals surface area (Å²) in [7, 11) is 0. The first-order chi connectivity index (χ1) is 6.35. The van der Waals surface area contributed by atoms with E-state index in [1.165, 1.54) is 6.08 Å². The number of halogens is 3. The Morgan fingerprint density at radius 1 is 1.43 bits per heavy atom. The van der Waals surface area contributed by atoms with Crippen LogP contribution in [0.5, 0.6) is 0 Å². The van der Waals surface area contributed by atoms with Crippen LogP contribution in [0.1, 0.15) is 20.3 Å². The van der Waals surface area contributed by atoms with E-state index >= 15 is 0 Å². The Morgan fingerprint density at radius 3 is 2.43 bits per heavy atom. The zero-order chi connectivity index (χ0) is 11.2. The van der Waals surface area contributed by atoms with E-state index in [4.69, 9.17) is 5.11 Å². The fourth-order valence-corrected chi connectivity index (χ4v) is 0.841. The molecule has 0 aliphatic rings. The van der Waals surface area contributed by atoms with E-state index < -0.39 is 18.7 Å². The summed E-state index contributed by atoms with van der Waals surface area (Å²) in [6.07, 6.45) is -0.918. The lowest BCUT2D eigenvalue weighted by Gasteiger charge is -2.06. The van der Waals surface area contributed by atoms with Crippen molar-refractivity contribution < 1.29 is 23.0 Å². The van der Waals surface area contributed by atoms with Gasteiger partial charge >= 0.3 is 6.36 Å². The minimum absolute atomic E-state index is 0.440. The summed E-state index contributed by atoms with van der Waals surface area (Å²) in [5, 5.41) is 9.00. The second kappa shape index (κ2) is 5.70. The molecule has 0 aliphatic carbocycles. The molecule has 0 aliphatic heterocycles. The summed E-state index contributed by atoms with van der Waals surface area (Å²) < 4.78 is 38.0. The smallest absolute Gasteiger partial charge is 0.510 e. The predicted octanol–water partition coefficient (Wildman–Crippen LogP) is 3.32. The largest absolute Gasteiger partial charge is 0.522 e. The average molecular weight is 210 g/mol. The molecule has 0 amide bonds. The first-order valence-corrected chi connectivity index (χ1v) is 4.12. The first kappa shape index (κ1) is 13.0. The maximum absolute atomic E-state index is 11.5. The fourth-order valence-electron chi connectivity index (χ4n) is 0.841. The van der Waals surface area contributed by atoms with Gasteiger partial charge in [0.05, 0.1) is 0 Å². The van der Waals surface area contributed by atoms with Crippen molar-refractivity contribution in [2.75, 3.05) is 6.61 Å². The number of rotatable bonds is 4. The molecule has 0 unspecified atom stereocenters. The molecule has 0 rings (SSSR count). The van der Waals surface area contributed by atoms with Gasteiger partial charge in [-0.2, -0.15) is 0 Å². The van der Waals surface area contributed by atoms with Gasteiger partial charge in [-0.1, -0.05) is 18.6 Å². The molecular weight excluding hydrogens is 197 g/mol. The topological polar surface area (TPSA) is 29.5 Å². The van der Waals surface area contributed by atoms with Crippen LogP contribution in [0.4, 0.5) is 13.2 Å². The van der Waals surface area contributed by atoms with Crippen molar-refractivity contribution in [2.24, 2.45) is 0 Å². The third-order valence-corrected chi connectivity index (χ3v) is 1.30. The molecule has 14 heavy (non-hydrogen) atoms. The van der Waals surface area contributed by atoms with Crippen LogP contribution >= 0.6 is 0 Å². The molecule has 0 spiro atoms. The number of allylic oxidation sites excluding steroid dienone is 3. The molecule has 0 saturated heterocycles. The average Bonchev–Trinajstić information content (AvgIpc) is 2.00. The molecule has 1 N–H and O–H groups in total. The zero-order valence-corrected chi connectivity index (χ0v) is 8.06. The zero-order valence-electron chi connectivity index (χ0n) is 8.06. The Labute approximate surface area is 80.7 Å². The van der Waals surface area contributed by atoms with Gasteiger partial charge in [0.15, 0.2) is 0 Å². The Kier molecular flexibility index (Phi) is 5.30. The first-order valence-electron chi connectivity index (χ1n) is 4.12. The lowest BCUT2D eigenvalue weighted by molar-refractivity contribution is -0.322. The molecule has 5 heteroatoms. The molecule has 0 radical (unpaired) electrons. The number of alkyl halides is 3. The van der Waals surface area contributed by atoms with Crippen LogP contribution in [-0.2, 0) is 4.74 Å². The second-order valence-electron chi connectivity index (χ2n) is 2.73. The molecule has 0 atom stereocenters. The van der Waals surface area contributed by atoms with Crippen LogP contribution in [0.25, 0.3) is 0 Å². The van der Waals surface area contributed by atoms with Gasteiger partial charge in [-0.3, -0.25) is 4.74 Å². The second-order valence-corrected chi connectivity index (χ2v) is 2.73. The third kappa shape index (κ3) is 7.67. The van der Waals surface area contributed by atoms with Crippen LogP contribution in [0.2, 0.25) is 0 Å². The normalized spacial score (nSPS) is 14.6. The summed E-state index contributed by atoms with van der Waals surface area (Å²) in [6, 6.07) is 0. The van der Waals surface area contributed by atoms with Crippen molar-refractivity contribution in [3.63, 3.8) is 0 Å². The number of aliphatic hydroxyl groups excluding tert-OH is 1. The van der Waals surface area contributed by atoms with Gasteiger partial charge in [0.2, 0.25) is 0 Å². The monoisotopic (exact) mass is 210 g/mol. The molecule has 0 heterocycles. The van der Waals surface area contributed by atoms with E-state index in [2.05, 4.69) is 4.74 Å². The standard InChI is InChI=1S/C9H13F3O2/c1-3-4-7(2)5-8(13)6-14-9(10,11)12/h4-5,13H,3,6H2,1-2H3/b7-4+,8-5+. The van der Waals surface area contributed by atoms with Crippen LogP contribution in [0.3, 0.4) is 0 Å². The van der Waals surface area contributed by atoms with Crippen LogP contribution in [0.15, 0.2) is 23.5 Å². The van der Waals surface area contributed by atoms with E-state index in [1.54, 1.807) is 13.0 Å². The Bertz CT molecular complexity index is 229. The van der Waals surface area contributed by atoms with Crippen molar-refractivity contribution >= 4 is 0 Å². The molecule has 0 bridgehead atoms. The van der Waals surface area contributed by atoms with Crippen molar-refractivity contribution in [2.45, 2.75) is 26.6 Å². The van der Waals surface area contributed by atoms with Gasteiger partial charge in [-0.15, -0.1) is 13.2 Å². The molecule has 0 aromatic heterocycles. The van der Waals surface area contributed by atoms with Crippen molar-refractivity contribution in [1.29, 1.82) is 0 Å². The van der Waals surface area contributed by atoms with Gasteiger partial charge in [0, 0.05) is 0 Å². The highest BCUT2D eigenvalue weighted by Crippen LogP contribution is 2.17. The Morgan fingerprint density at radius 2 is 2.00 bits per heavy atom.